The van der Waals surface area contributed by atoms with E-state index in [1.54, 1.807) is 30.3 Å². The Bertz CT molecular complexity index is 702. The van der Waals surface area contributed by atoms with Gasteiger partial charge in [-0.3, -0.25) is 4.79 Å². The molecule has 1 aliphatic rings. The number of fused-ring (bicyclic) bond motifs is 1. The zero-order chi connectivity index (χ0) is 14.3. The quantitative estimate of drug-likeness (QED) is 0.918. The number of benzene rings is 2. The molecule has 1 N–H and O–H groups in total. The number of halogens is 2. The van der Waals surface area contributed by atoms with E-state index in [0.29, 0.717) is 27.6 Å². The minimum atomic E-state index is -0.686. The summed E-state index contributed by atoms with van der Waals surface area (Å²) in [5, 5.41) is 3.12. The zero-order valence-electron chi connectivity index (χ0n) is 10.6. The van der Waals surface area contributed by atoms with Gasteiger partial charge in [0.25, 0.3) is 0 Å². The van der Waals surface area contributed by atoms with Gasteiger partial charge in [-0.15, -0.1) is 0 Å². The monoisotopic (exact) mass is 291 g/mol. The Balaban J connectivity index is 2.15. The number of nitrogens with one attached hydrogen (secondary N) is 1. The first kappa shape index (κ1) is 12.9. The van der Waals surface area contributed by atoms with Gasteiger partial charge in [0.2, 0.25) is 5.91 Å². The summed E-state index contributed by atoms with van der Waals surface area (Å²) in [5.41, 5.74) is 1.60. The van der Waals surface area contributed by atoms with E-state index in [1.807, 2.05) is 0 Å². The van der Waals surface area contributed by atoms with Crippen molar-refractivity contribution in [2.45, 2.75) is 5.92 Å². The molecule has 1 amide bonds. The van der Waals surface area contributed by atoms with Crippen LogP contribution in [0.15, 0.2) is 36.4 Å². The molecule has 0 radical (unpaired) electrons. The fourth-order valence-electron chi connectivity index (χ4n) is 2.44. The van der Waals surface area contributed by atoms with Crippen molar-refractivity contribution < 1.29 is 13.9 Å². The third-order valence-corrected chi connectivity index (χ3v) is 3.67. The van der Waals surface area contributed by atoms with Crippen LogP contribution in [0.5, 0.6) is 5.75 Å². The van der Waals surface area contributed by atoms with Gasteiger partial charge >= 0.3 is 0 Å². The molecule has 0 aliphatic carbocycles. The number of hydrogen-bond donors (Lipinski definition) is 1. The zero-order valence-corrected chi connectivity index (χ0v) is 11.4. The Kier molecular flexibility index (Phi) is 3.10. The molecule has 2 aromatic carbocycles. The van der Waals surface area contributed by atoms with Crippen molar-refractivity contribution in [1.82, 2.24) is 0 Å². The number of carbonyl (C=O) groups excluding carboxylic acids is 1. The van der Waals surface area contributed by atoms with Crippen LogP contribution in [0.2, 0.25) is 5.02 Å². The molecule has 0 saturated carbocycles. The molecule has 5 heteroatoms. The van der Waals surface area contributed by atoms with Gasteiger partial charge in [0.15, 0.2) is 0 Å². The average Bonchev–Trinajstić information content (AvgIpc) is 2.74. The maximum absolute atomic E-state index is 13.9. The molecule has 3 rings (SSSR count). The highest BCUT2D eigenvalue weighted by Gasteiger charge is 2.34. The van der Waals surface area contributed by atoms with E-state index in [-0.39, 0.29) is 5.91 Å². The van der Waals surface area contributed by atoms with E-state index in [4.69, 9.17) is 16.3 Å². The van der Waals surface area contributed by atoms with Crippen LogP contribution < -0.4 is 10.1 Å². The molecular formula is C15H11ClFNO2. The van der Waals surface area contributed by atoms with Crippen molar-refractivity contribution in [3.63, 3.8) is 0 Å². The second-order valence-corrected chi connectivity index (χ2v) is 4.92. The maximum atomic E-state index is 13.9. The van der Waals surface area contributed by atoms with Crippen molar-refractivity contribution in [2.75, 3.05) is 12.4 Å². The van der Waals surface area contributed by atoms with Crippen LogP contribution in [0.1, 0.15) is 17.0 Å². The highest BCUT2D eigenvalue weighted by Crippen LogP contribution is 2.42. The molecule has 1 atom stereocenters. The molecule has 2 aromatic rings. The lowest BCUT2D eigenvalue weighted by Crippen LogP contribution is -2.14. The van der Waals surface area contributed by atoms with Crippen LogP contribution in [0.25, 0.3) is 0 Å². The van der Waals surface area contributed by atoms with Crippen LogP contribution in [0.3, 0.4) is 0 Å². The summed E-state index contributed by atoms with van der Waals surface area (Å²) in [5.74, 6) is -0.892. The van der Waals surface area contributed by atoms with Gasteiger partial charge in [-0.1, -0.05) is 29.8 Å². The van der Waals surface area contributed by atoms with Crippen LogP contribution in [0, 0.1) is 5.82 Å². The molecule has 1 aliphatic heterocycles. The molecule has 0 spiro atoms. The number of anilines is 1. The molecule has 0 aromatic heterocycles. The Morgan fingerprint density at radius 3 is 2.70 bits per heavy atom. The molecule has 1 heterocycles. The number of methoxy groups -OCH3 is 1. The molecule has 0 fully saturated rings. The molecule has 0 bridgehead atoms. The lowest BCUT2D eigenvalue weighted by atomic mass is 9.92. The summed E-state index contributed by atoms with van der Waals surface area (Å²) in [6.07, 6.45) is 0. The Morgan fingerprint density at radius 1 is 1.25 bits per heavy atom. The highest BCUT2D eigenvalue weighted by atomic mass is 35.5. The van der Waals surface area contributed by atoms with Gasteiger partial charge in [0.1, 0.15) is 11.6 Å². The van der Waals surface area contributed by atoms with Gasteiger partial charge < -0.3 is 10.1 Å². The predicted octanol–water partition coefficient (Wildman–Crippen LogP) is 3.57. The maximum Gasteiger partial charge on any atom is 0.236 e. The fourth-order valence-corrected chi connectivity index (χ4v) is 2.69. The Morgan fingerprint density at radius 2 is 2.00 bits per heavy atom. The van der Waals surface area contributed by atoms with Gasteiger partial charge in [0.05, 0.1) is 18.1 Å². The van der Waals surface area contributed by atoms with E-state index >= 15 is 0 Å². The van der Waals surface area contributed by atoms with Crippen molar-refractivity contribution in [3.8, 4) is 5.75 Å². The predicted molar refractivity (Wildman–Crippen MR) is 74.9 cm³/mol. The average molecular weight is 292 g/mol. The van der Waals surface area contributed by atoms with E-state index < -0.39 is 11.7 Å². The minimum Gasteiger partial charge on any atom is -0.495 e. The van der Waals surface area contributed by atoms with Gasteiger partial charge in [-0.25, -0.2) is 4.39 Å². The normalized spacial score (nSPS) is 16.8. The second kappa shape index (κ2) is 4.80. The van der Waals surface area contributed by atoms with Crippen LogP contribution in [-0.2, 0) is 4.79 Å². The van der Waals surface area contributed by atoms with Crippen molar-refractivity contribution in [1.29, 1.82) is 0 Å². The summed E-state index contributed by atoms with van der Waals surface area (Å²) in [4.78, 5) is 12.1. The molecular weight excluding hydrogens is 281 g/mol. The summed E-state index contributed by atoms with van der Waals surface area (Å²) in [6.45, 7) is 0. The third-order valence-electron chi connectivity index (χ3n) is 3.37. The minimum absolute atomic E-state index is 0.269. The van der Waals surface area contributed by atoms with Crippen molar-refractivity contribution in [2.24, 2.45) is 0 Å². The summed E-state index contributed by atoms with van der Waals surface area (Å²) in [7, 11) is 1.50. The van der Waals surface area contributed by atoms with Crippen LogP contribution in [0.4, 0.5) is 10.1 Å². The standard InChI is InChI=1S/C15H11ClFNO2/c1-20-13-7-12-9(6-10(13)16)14(15(19)18-12)8-4-2-3-5-11(8)17/h2-7,14H,1H3,(H,18,19). The summed E-state index contributed by atoms with van der Waals surface area (Å²) in [6, 6.07) is 9.53. The number of carbonyl (C=O) groups is 1. The van der Waals surface area contributed by atoms with E-state index in [9.17, 15) is 9.18 Å². The van der Waals surface area contributed by atoms with Gasteiger partial charge in [0, 0.05) is 17.3 Å². The van der Waals surface area contributed by atoms with Gasteiger partial charge in [-0.05, 0) is 17.7 Å². The topological polar surface area (TPSA) is 38.3 Å². The molecule has 3 nitrogen and oxygen atoms in total. The number of rotatable bonds is 2. The first-order chi connectivity index (χ1) is 9.61. The van der Waals surface area contributed by atoms with Crippen molar-refractivity contribution in [3.05, 3.63) is 58.4 Å². The van der Waals surface area contributed by atoms with Crippen LogP contribution >= 0.6 is 11.6 Å². The third kappa shape index (κ3) is 1.93. The van der Waals surface area contributed by atoms with Crippen molar-refractivity contribution >= 4 is 23.2 Å². The number of amides is 1. The van der Waals surface area contributed by atoms with E-state index in [2.05, 4.69) is 5.32 Å². The van der Waals surface area contributed by atoms with Gasteiger partial charge in [-0.2, -0.15) is 0 Å². The summed E-state index contributed by atoms with van der Waals surface area (Å²) < 4.78 is 19.0. The Labute approximate surface area is 120 Å². The number of ether oxygens (including phenoxy) is 1. The first-order valence-electron chi connectivity index (χ1n) is 6.04. The molecule has 1 unspecified atom stereocenters. The SMILES string of the molecule is COc1cc2c(cc1Cl)C(c1ccccc1F)C(=O)N2. The van der Waals surface area contributed by atoms with Crippen LogP contribution in [-0.4, -0.2) is 13.0 Å². The number of hydrogen-bond acceptors (Lipinski definition) is 2. The highest BCUT2D eigenvalue weighted by molar-refractivity contribution is 6.32. The lowest BCUT2D eigenvalue weighted by molar-refractivity contribution is -0.116. The fraction of sp³-hybridized carbons (Fsp3) is 0.133. The van der Waals surface area contributed by atoms with E-state index in [0.717, 1.165) is 0 Å². The Hall–Kier alpha value is -2.07. The molecule has 0 saturated heterocycles. The largest absolute Gasteiger partial charge is 0.495 e. The second-order valence-electron chi connectivity index (χ2n) is 4.52. The smallest absolute Gasteiger partial charge is 0.236 e. The molecule has 102 valence electrons. The first-order valence-corrected chi connectivity index (χ1v) is 6.42. The van der Waals surface area contributed by atoms with E-state index in [1.165, 1.54) is 13.2 Å². The lowest BCUT2D eigenvalue weighted by Gasteiger charge is -2.11. The molecule has 20 heavy (non-hydrogen) atoms. The summed E-state index contributed by atoms with van der Waals surface area (Å²) >= 11 is 6.09.